The van der Waals surface area contributed by atoms with Crippen molar-refractivity contribution in [3.05, 3.63) is 0 Å². The minimum atomic E-state index is -1.68. The Morgan fingerprint density at radius 3 is 1.77 bits per heavy atom. The van der Waals surface area contributed by atoms with Gasteiger partial charge < -0.3 is 37.6 Å². The summed E-state index contributed by atoms with van der Waals surface area (Å²) in [4.78, 5) is 69.4. The number of carboxylic acids is 2. The van der Waals surface area contributed by atoms with E-state index in [1.54, 1.807) is 13.8 Å². The molecule has 0 aliphatic rings. The topological polar surface area (TPSA) is 231 Å². The summed E-state index contributed by atoms with van der Waals surface area (Å²) in [5.74, 6) is -6.28. The van der Waals surface area contributed by atoms with E-state index in [9.17, 15) is 28.8 Å². The Morgan fingerprint density at radius 2 is 1.33 bits per heavy atom. The van der Waals surface area contributed by atoms with Gasteiger partial charge in [-0.15, -0.1) is 0 Å². The molecule has 4 unspecified atom stereocenters. The summed E-state index contributed by atoms with van der Waals surface area (Å²) < 4.78 is 0. The number of carbonyl (C=O) groups excluding carboxylic acids is 4. The van der Waals surface area contributed by atoms with Gasteiger partial charge in [0.2, 0.25) is 23.6 Å². The summed E-state index contributed by atoms with van der Waals surface area (Å²) in [5.41, 5.74) is 10.4. The van der Waals surface area contributed by atoms with Crippen molar-refractivity contribution in [2.45, 2.75) is 64.2 Å². The predicted molar refractivity (Wildman–Crippen MR) is 103 cm³/mol. The van der Waals surface area contributed by atoms with E-state index in [4.69, 9.17) is 21.7 Å². The van der Waals surface area contributed by atoms with Gasteiger partial charge in [0, 0.05) is 0 Å². The Hall–Kier alpha value is -3.22. The van der Waals surface area contributed by atoms with E-state index >= 15 is 0 Å². The first kappa shape index (κ1) is 26.8. The minimum absolute atomic E-state index is 0.0855. The van der Waals surface area contributed by atoms with E-state index in [1.807, 2.05) is 0 Å². The summed E-state index contributed by atoms with van der Waals surface area (Å²) in [6.45, 7) is 4.83. The Balaban J connectivity index is 5.13. The molecule has 170 valence electrons. The maximum atomic E-state index is 12.4. The number of hydrogen-bond acceptors (Lipinski definition) is 7. The molecule has 0 aromatic rings. The van der Waals surface area contributed by atoms with Crippen LogP contribution < -0.4 is 27.4 Å². The molecule has 0 heterocycles. The van der Waals surface area contributed by atoms with Crippen LogP contribution in [-0.4, -0.2) is 69.9 Å². The van der Waals surface area contributed by atoms with Crippen LogP contribution in [0.4, 0.5) is 0 Å². The van der Waals surface area contributed by atoms with Gasteiger partial charge in [-0.1, -0.05) is 13.8 Å². The number of hydrogen-bond donors (Lipinski definition) is 7. The van der Waals surface area contributed by atoms with Crippen LogP contribution >= 0.6 is 0 Å². The van der Waals surface area contributed by atoms with Crippen LogP contribution in [0.2, 0.25) is 0 Å². The third-order valence-electron chi connectivity index (χ3n) is 3.84. The molecule has 4 amide bonds. The van der Waals surface area contributed by atoms with E-state index in [2.05, 4.69) is 16.0 Å². The average molecular weight is 431 g/mol. The van der Waals surface area contributed by atoms with Gasteiger partial charge in [-0.05, 0) is 19.3 Å². The van der Waals surface area contributed by atoms with Gasteiger partial charge in [0.15, 0.2) is 0 Å². The summed E-state index contributed by atoms with van der Waals surface area (Å²) in [6, 6.07) is -5.23. The Bertz CT molecular complexity index is 681. The number of nitrogens with one attached hydrogen (secondary N) is 3. The molecule has 0 fully saturated rings. The van der Waals surface area contributed by atoms with Crippen molar-refractivity contribution in [2.24, 2.45) is 17.4 Å². The van der Waals surface area contributed by atoms with E-state index in [0.717, 1.165) is 0 Å². The minimum Gasteiger partial charge on any atom is -0.481 e. The molecule has 0 rings (SSSR count). The van der Waals surface area contributed by atoms with Crippen LogP contribution in [0.1, 0.15) is 40.0 Å². The number of rotatable bonds is 13. The molecule has 13 nitrogen and oxygen atoms in total. The zero-order valence-corrected chi connectivity index (χ0v) is 17.0. The molecule has 9 N–H and O–H groups in total. The lowest BCUT2D eigenvalue weighted by Crippen LogP contribution is -2.57. The second kappa shape index (κ2) is 12.4. The lowest BCUT2D eigenvalue weighted by Gasteiger charge is -2.24. The molecule has 0 radical (unpaired) electrons. The van der Waals surface area contributed by atoms with E-state index < -0.39 is 72.6 Å². The molecule has 0 saturated heterocycles. The molecule has 0 aliphatic heterocycles. The SMILES string of the molecule is CC(C)CC(NC(=O)C(C)NC(=O)C(N)CC(N)=O)C(=O)NC(CC(=O)O)C(=O)O. The van der Waals surface area contributed by atoms with Crippen LogP contribution in [0.3, 0.4) is 0 Å². The zero-order chi connectivity index (χ0) is 23.6. The highest BCUT2D eigenvalue weighted by Crippen LogP contribution is 2.07. The first-order chi connectivity index (χ1) is 13.7. The molecule has 30 heavy (non-hydrogen) atoms. The molecule has 0 aliphatic carbocycles. The summed E-state index contributed by atoms with van der Waals surface area (Å²) in [6.07, 6.45) is -1.13. The van der Waals surface area contributed by atoms with Crippen LogP contribution in [-0.2, 0) is 28.8 Å². The second-order valence-electron chi connectivity index (χ2n) is 7.20. The lowest BCUT2D eigenvalue weighted by molar-refractivity contribution is -0.147. The van der Waals surface area contributed by atoms with Crippen molar-refractivity contribution in [3.63, 3.8) is 0 Å². The molecule has 0 spiro atoms. The fourth-order valence-electron chi connectivity index (χ4n) is 2.34. The first-order valence-corrected chi connectivity index (χ1v) is 9.14. The Kier molecular flexibility index (Phi) is 11.0. The number of nitrogens with two attached hydrogens (primary N) is 2. The van der Waals surface area contributed by atoms with Crippen molar-refractivity contribution >= 4 is 35.6 Å². The normalized spacial score (nSPS) is 14.7. The number of carbonyl (C=O) groups is 6. The predicted octanol–water partition coefficient (Wildman–Crippen LogP) is -2.73. The molecule has 0 aromatic heterocycles. The maximum absolute atomic E-state index is 12.4. The van der Waals surface area contributed by atoms with E-state index in [-0.39, 0.29) is 12.3 Å². The zero-order valence-electron chi connectivity index (χ0n) is 17.0. The van der Waals surface area contributed by atoms with Gasteiger partial charge in [-0.2, -0.15) is 0 Å². The second-order valence-corrected chi connectivity index (χ2v) is 7.20. The summed E-state index contributed by atoms with van der Waals surface area (Å²) in [7, 11) is 0. The van der Waals surface area contributed by atoms with E-state index in [0.29, 0.717) is 0 Å². The first-order valence-electron chi connectivity index (χ1n) is 9.14. The molecule has 0 aromatic carbocycles. The third-order valence-corrected chi connectivity index (χ3v) is 3.84. The van der Waals surface area contributed by atoms with Crippen molar-refractivity contribution in [3.8, 4) is 0 Å². The van der Waals surface area contributed by atoms with Crippen molar-refractivity contribution in [1.29, 1.82) is 0 Å². The van der Waals surface area contributed by atoms with Crippen LogP contribution in [0.15, 0.2) is 0 Å². The monoisotopic (exact) mass is 431 g/mol. The lowest BCUT2D eigenvalue weighted by atomic mass is 10.0. The van der Waals surface area contributed by atoms with E-state index in [1.165, 1.54) is 6.92 Å². The van der Waals surface area contributed by atoms with Gasteiger partial charge in [0.25, 0.3) is 0 Å². The number of primary amides is 1. The largest absolute Gasteiger partial charge is 0.481 e. The van der Waals surface area contributed by atoms with Gasteiger partial charge in [0.1, 0.15) is 18.1 Å². The molecule has 4 atom stereocenters. The molecular weight excluding hydrogens is 402 g/mol. The fourth-order valence-corrected chi connectivity index (χ4v) is 2.34. The van der Waals surface area contributed by atoms with Crippen LogP contribution in [0.5, 0.6) is 0 Å². The smallest absolute Gasteiger partial charge is 0.326 e. The fraction of sp³-hybridized carbons (Fsp3) is 0.647. The quantitative estimate of drug-likeness (QED) is 0.160. The van der Waals surface area contributed by atoms with Crippen LogP contribution in [0.25, 0.3) is 0 Å². The van der Waals surface area contributed by atoms with Crippen molar-refractivity contribution in [2.75, 3.05) is 0 Å². The van der Waals surface area contributed by atoms with Gasteiger partial charge >= 0.3 is 11.9 Å². The standard InChI is InChI=1S/C17H29N5O8/c1-7(2)4-10(16(28)22-11(17(29)30)6-13(24)25)21-14(26)8(3)20-15(27)9(18)5-12(19)23/h7-11H,4-6,18H2,1-3H3,(H2,19,23)(H,20,27)(H,21,26)(H,22,28)(H,24,25)(H,29,30). The number of aliphatic carboxylic acids is 2. The molecule has 0 saturated carbocycles. The van der Waals surface area contributed by atoms with Gasteiger partial charge in [-0.25, -0.2) is 4.79 Å². The van der Waals surface area contributed by atoms with Crippen molar-refractivity contribution < 1.29 is 39.0 Å². The molecular formula is C17H29N5O8. The Morgan fingerprint density at radius 1 is 0.800 bits per heavy atom. The van der Waals surface area contributed by atoms with Gasteiger partial charge in [0.05, 0.1) is 18.9 Å². The maximum Gasteiger partial charge on any atom is 0.326 e. The average Bonchev–Trinajstić information content (AvgIpc) is 2.58. The Labute approximate surface area is 172 Å². The van der Waals surface area contributed by atoms with Gasteiger partial charge in [-0.3, -0.25) is 24.0 Å². The third kappa shape index (κ3) is 10.4. The highest BCUT2D eigenvalue weighted by Gasteiger charge is 2.30. The van der Waals surface area contributed by atoms with Crippen LogP contribution in [0, 0.1) is 5.92 Å². The summed E-state index contributed by atoms with van der Waals surface area (Å²) in [5, 5.41) is 24.6. The highest BCUT2D eigenvalue weighted by molar-refractivity contribution is 5.95. The summed E-state index contributed by atoms with van der Waals surface area (Å²) >= 11 is 0. The molecule has 0 bridgehead atoms. The van der Waals surface area contributed by atoms with Crippen molar-refractivity contribution in [1.82, 2.24) is 16.0 Å². The highest BCUT2D eigenvalue weighted by atomic mass is 16.4. The number of carboxylic acid groups (broad SMARTS) is 2. The molecule has 13 heteroatoms. The number of amides is 4.